The van der Waals surface area contributed by atoms with Gasteiger partial charge in [-0.05, 0) is 24.3 Å². The summed E-state index contributed by atoms with van der Waals surface area (Å²) in [6, 6.07) is 10.7. The molecule has 2 N–H and O–H groups in total. The molecule has 1 amide bonds. The number of rotatable bonds is 5. The van der Waals surface area contributed by atoms with E-state index in [4.69, 9.17) is 4.74 Å². The first kappa shape index (κ1) is 15.7. The molecule has 0 aliphatic carbocycles. The number of nitrogens with zero attached hydrogens (tertiary/aromatic N) is 1. The summed E-state index contributed by atoms with van der Waals surface area (Å²) in [6.45, 7) is 0.413. The van der Waals surface area contributed by atoms with Crippen LogP contribution in [-0.4, -0.2) is 29.5 Å². The number of nitrogens with one attached hydrogen (secondary N) is 2. The number of amides is 1. The molecule has 122 valence electrons. The van der Waals surface area contributed by atoms with Crippen LogP contribution in [0.4, 0.5) is 0 Å². The van der Waals surface area contributed by atoms with Crippen LogP contribution in [0.3, 0.4) is 0 Å². The molecule has 0 saturated heterocycles. The van der Waals surface area contributed by atoms with Crippen molar-refractivity contribution in [1.82, 2.24) is 15.3 Å². The van der Waals surface area contributed by atoms with Crippen LogP contribution in [0.25, 0.3) is 10.9 Å². The number of benzene rings is 1. The summed E-state index contributed by atoms with van der Waals surface area (Å²) in [7, 11) is 1.56. The van der Waals surface area contributed by atoms with Gasteiger partial charge in [0.05, 0.1) is 12.6 Å². The maximum Gasteiger partial charge on any atom is 0.256 e. The van der Waals surface area contributed by atoms with Gasteiger partial charge in [-0.1, -0.05) is 6.07 Å². The molecule has 0 bridgehead atoms. The molecule has 3 rings (SSSR count). The third-order valence-electron chi connectivity index (χ3n) is 3.73. The van der Waals surface area contributed by atoms with Crippen LogP contribution < -0.4 is 15.5 Å². The Hall–Kier alpha value is -3.15. The molecular weight excluding hydrogens is 306 g/mol. The second-order valence-electron chi connectivity index (χ2n) is 5.27. The lowest BCUT2D eigenvalue weighted by Gasteiger charge is -2.07. The van der Waals surface area contributed by atoms with Gasteiger partial charge in [-0.2, -0.15) is 0 Å². The number of carbonyl (C=O) groups excluding carboxylic acids is 1. The third-order valence-corrected chi connectivity index (χ3v) is 3.73. The molecule has 0 spiro atoms. The molecule has 2 heterocycles. The van der Waals surface area contributed by atoms with E-state index in [2.05, 4.69) is 15.3 Å². The first-order valence-electron chi connectivity index (χ1n) is 7.56. The number of aromatic nitrogens is 2. The molecule has 6 nitrogen and oxygen atoms in total. The van der Waals surface area contributed by atoms with Gasteiger partial charge in [-0.25, -0.2) is 0 Å². The minimum atomic E-state index is -0.398. The number of carbonyl (C=O) groups is 1. The summed E-state index contributed by atoms with van der Waals surface area (Å²) in [4.78, 5) is 31.9. The number of aromatic amines is 1. The Morgan fingerprint density at radius 1 is 1.29 bits per heavy atom. The van der Waals surface area contributed by atoms with Crippen LogP contribution in [0.15, 0.2) is 53.6 Å². The van der Waals surface area contributed by atoms with Crippen LogP contribution >= 0.6 is 0 Å². The number of fused-ring (bicyclic) bond motifs is 1. The zero-order chi connectivity index (χ0) is 16.9. The van der Waals surface area contributed by atoms with Crippen molar-refractivity contribution in [3.05, 3.63) is 70.3 Å². The molecule has 0 aliphatic rings. The van der Waals surface area contributed by atoms with Crippen molar-refractivity contribution in [3.63, 3.8) is 0 Å². The van der Waals surface area contributed by atoms with E-state index >= 15 is 0 Å². The van der Waals surface area contributed by atoms with Crippen LogP contribution in [0.2, 0.25) is 0 Å². The normalized spacial score (nSPS) is 10.5. The highest BCUT2D eigenvalue weighted by molar-refractivity contribution is 5.97. The molecule has 0 radical (unpaired) electrons. The van der Waals surface area contributed by atoms with Crippen molar-refractivity contribution in [3.8, 4) is 5.75 Å². The van der Waals surface area contributed by atoms with Crippen molar-refractivity contribution in [2.24, 2.45) is 0 Å². The number of pyridine rings is 2. The maximum absolute atomic E-state index is 12.5. The number of methoxy groups -OCH3 is 1. The van der Waals surface area contributed by atoms with Gasteiger partial charge in [0.2, 0.25) is 5.43 Å². The fourth-order valence-electron chi connectivity index (χ4n) is 2.44. The van der Waals surface area contributed by atoms with E-state index in [1.807, 2.05) is 18.2 Å². The monoisotopic (exact) mass is 323 g/mol. The van der Waals surface area contributed by atoms with Gasteiger partial charge in [0.1, 0.15) is 11.3 Å². The van der Waals surface area contributed by atoms with Crippen molar-refractivity contribution in [2.75, 3.05) is 13.7 Å². The second-order valence-corrected chi connectivity index (χ2v) is 5.27. The van der Waals surface area contributed by atoms with Gasteiger partial charge >= 0.3 is 0 Å². The van der Waals surface area contributed by atoms with Gasteiger partial charge in [-0.3, -0.25) is 14.6 Å². The molecule has 0 unspecified atom stereocenters. The van der Waals surface area contributed by atoms with Gasteiger partial charge in [0, 0.05) is 42.5 Å². The molecule has 6 heteroatoms. The van der Waals surface area contributed by atoms with Gasteiger partial charge in [0.15, 0.2) is 0 Å². The highest BCUT2D eigenvalue weighted by Crippen LogP contribution is 2.16. The Balaban J connectivity index is 1.75. The molecule has 0 fully saturated rings. The van der Waals surface area contributed by atoms with Crippen molar-refractivity contribution < 1.29 is 9.53 Å². The average molecular weight is 323 g/mol. The highest BCUT2D eigenvalue weighted by Gasteiger charge is 2.13. The lowest BCUT2D eigenvalue weighted by atomic mass is 10.1. The van der Waals surface area contributed by atoms with Crippen LogP contribution in [0.1, 0.15) is 16.1 Å². The first-order chi connectivity index (χ1) is 11.7. The van der Waals surface area contributed by atoms with E-state index in [1.54, 1.807) is 31.5 Å². The predicted octanol–water partition coefficient (Wildman–Crippen LogP) is 1.90. The summed E-state index contributed by atoms with van der Waals surface area (Å²) < 4.78 is 5.13. The van der Waals surface area contributed by atoms with Crippen LogP contribution in [0, 0.1) is 0 Å². The van der Waals surface area contributed by atoms with Gasteiger partial charge in [-0.15, -0.1) is 0 Å². The molecule has 0 aliphatic heterocycles. The molecule has 3 aromatic rings. The average Bonchev–Trinajstić information content (AvgIpc) is 2.62. The summed E-state index contributed by atoms with van der Waals surface area (Å²) in [5.41, 5.74) is 1.30. The SMILES string of the molecule is COc1ccc2c(=O)c(C(=O)NCCc3ccccn3)c[nH]c2c1. The van der Waals surface area contributed by atoms with E-state index in [9.17, 15) is 9.59 Å². The molecule has 24 heavy (non-hydrogen) atoms. The quantitative estimate of drug-likeness (QED) is 0.751. The zero-order valence-corrected chi connectivity index (χ0v) is 13.2. The summed E-state index contributed by atoms with van der Waals surface area (Å²) >= 11 is 0. The zero-order valence-electron chi connectivity index (χ0n) is 13.2. The molecular formula is C18H17N3O3. The first-order valence-corrected chi connectivity index (χ1v) is 7.56. The largest absolute Gasteiger partial charge is 0.497 e. The van der Waals surface area contributed by atoms with E-state index in [0.29, 0.717) is 29.6 Å². The standard InChI is InChI=1S/C18H17N3O3/c1-24-13-5-6-14-16(10-13)21-11-15(17(14)22)18(23)20-9-7-12-4-2-3-8-19-12/h2-6,8,10-11H,7,9H2,1H3,(H,20,23)(H,21,22). The van der Waals surface area contributed by atoms with E-state index in [0.717, 1.165) is 5.69 Å². The van der Waals surface area contributed by atoms with Crippen LogP contribution in [0.5, 0.6) is 5.75 Å². The Morgan fingerprint density at radius 3 is 2.92 bits per heavy atom. The molecule has 2 aromatic heterocycles. The van der Waals surface area contributed by atoms with Gasteiger partial charge < -0.3 is 15.0 Å². The number of hydrogen-bond acceptors (Lipinski definition) is 4. The number of ether oxygens (including phenoxy) is 1. The number of hydrogen-bond donors (Lipinski definition) is 2. The molecule has 1 aromatic carbocycles. The Labute approximate surface area is 138 Å². The van der Waals surface area contributed by atoms with Crippen molar-refractivity contribution >= 4 is 16.8 Å². The lowest BCUT2D eigenvalue weighted by molar-refractivity contribution is 0.0953. The summed E-state index contributed by atoms with van der Waals surface area (Å²) in [6.07, 6.45) is 3.74. The highest BCUT2D eigenvalue weighted by atomic mass is 16.5. The Bertz CT molecular complexity index is 920. The van der Waals surface area contributed by atoms with E-state index in [-0.39, 0.29) is 11.0 Å². The van der Waals surface area contributed by atoms with Crippen molar-refractivity contribution in [1.29, 1.82) is 0 Å². The van der Waals surface area contributed by atoms with E-state index in [1.165, 1.54) is 6.20 Å². The maximum atomic E-state index is 12.5. The molecule has 0 atom stereocenters. The van der Waals surface area contributed by atoms with Crippen molar-refractivity contribution in [2.45, 2.75) is 6.42 Å². The minimum absolute atomic E-state index is 0.0914. The predicted molar refractivity (Wildman–Crippen MR) is 91.4 cm³/mol. The number of H-pyrrole nitrogens is 1. The topological polar surface area (TPSA) is 84.1 Å². The third kappa shape index (κ3) is 3.27. The fraction of sp³-hybridized carbons (Fsp3) is 0.167. The summed E-state index contributed by atoms with van der Waals surface area (Å²) in [5.74, 6) is 0.246. The smallest absolute Gasteiger partial charge is 0.256 e. The minimum Gasteiger partial charge on any atom is -0.497 e. The molecule has 0 saturated carbocycles. The van der Waals surface area contributed by atoms with Gasteiger partial charge in [0.25, 0.3) is 5.91 Å². The summed E-state index contributed by atoms with van der Waals surface area (Å²) in [5, 5.41) is 3.20. The van der Waals surface area contributed by atoms with Crippen LogP contribution in [-0.2, 0) is 6.42 Å². The van der Waals surface area contributed by atoms with E-state index < -0.39 is 5.91 Å². The Morgan fingerprint density at radius 2 is 2.17 bits per heavy atom. The second kappa shape index (κ2) is 6.95. The Kier molecular flexibility index (Phi) is 4.56. The lowest BCUT2D eigenvalue weighted by Crippen LogP contribution is -2.30. The fourth-order valence-corrected chi connectivity index (χ4v) is 2.44.